The summed E-state index contributed by atoms with van der Waals surface area (Å²) in [5.41, 5.74) is 1.21. The average molecular weight is 381 g/mol. The van der Waals surface area contributed by atoms with Crippen molar-refractivity contribution in [2.45, 2.75) is 45.6 Å². The minimum absolute atomic E-state index is 0. The summed E-state index contributed by atoms with van der Waals surface area (Å²) in [6.45, 7) is 5.54. The van der Waals surface area contributed by atoms with Crippen LogP contribution in [0.2, 0.25) is 0 Å². The first-order valence-corrected chi connectivity index (χ1v) is 9.19. The van der Waals surface area contributed by atoms with E-state index in [0.29, 0.717) is 11.6 Å². The van der Waals surface area contributed by atoms with Crippen molar-refractivity contribution in [3.05, 3.63) is 24.3 Å². The second-order valence-electron chi connectivity index (χ2n) is 7.51. The van der Waals surface area contributed by atoms with Gasteiger partial charge in [-0.3, -0.25) is 4.79 Å². The first-order valence-electron chi connectivity index (χ1n) is 9.19. The van der Waals surface area contributed by atoms with Crippen molar-refractivity contribution in [2.24, 2.45) is 11.3 Å². The van der Waals surface area contributed by atoms with Crippen molar-refractivity contribution in [1.29, 1.82) is 0 Å². The summed E-state index contributed by atoms with van der Waals surface area (Å²) >= 11 is 0. The Morgan fingerprint density at radius 3 is 2.42 bits per heavy atom. The topological polar surface area (TPSA) is 82.3 Å². The first-order chi connectivity index (χ1) is 12.0. The lowest BCUT2D eigenvalue weighted by Crippen LogP contribution is -2.44. The molecular formula is C19H29ClN4O2. The van der Waals surface area contributed by atoms with E-state index in [9.17, 15) is 9.59 Å². The fourth-order valence-electron chi connectivity index (χ4n) is 4.01. The quantitative estimate of drug-likeness (QED) is 0.646. The number of anilines is 2. The Balaban J connectivity index is 0.00000243. The number of amides is 3. The lowest BCUT2D eigenvalue weighted by Gasteiger charge is -2.37. The van der Waals surface area contributed by atoms with Crippen LogP contribution < -0.4 is 21.3 Å². The van der Waals surface area contributed by atoms with Gasteiger partial charge in [0.2, 0.25) is 5.91 Å². The van der Waals surface area contributed by atoms with Crippen molar-refractivity contribution in [3.63, 3.8) is 0 Å². The van der Waals surface area contributed by atoms with Crippen LogP contribution in [0, 0.1) is 11.3 Å². The van der Waals surface area contributed by atoms with Crippen LogP contribution in [0.25, 0.3) is 0 Å². The summed E-state index contributed by atoms with van der Waals surface area (Å²) in [5.74, 6) is 0.572. The molecule has 6 nitrogen and oxygen atoms in total. The third kappa shape index (κ3) is 4.48. The number of rotatable bonds is 4. The van der Waals surface area contributed by atoms with Gasteiger partial charge in [-0.1, -0.05) is 12.8 Å². The predicted octanol–water partition coefficient (Wildman–Crippen LogP) is 3.36. The van der Waals surface area contributed by atoms with Crippen molar-refractivity contribution in [1.82, 2.24) is 10.6 Å². The first kappa shape index (κ1) is 20.5. The Bertz CT molecular complexity index is 635. The molecule has 0 bridgehead atoms. The van der Waals surface area contributed by atoms with E-state index in [-0.39, 0.29) is 35.8 Å². The standard InChI is InChI=1S/C19H28N4O2.ClH/c1-13(2)21-18(25)23-16-8-6-15(7-9-16)22-17(24)19-10-4-3-5-14(19)11-20-12-19;/h6-9,13-14,20H,3-5,10-12H2,1-2H3,(H,22,24)(H2,21,23,25);1H/t14-,19+;/m0./s1. The highest BCUT2D eigenvalue weighted by Crippen LogP contribution is 2.44. The minimum Gasteiger partial charge on any atom is -0.336 e. The van der Waals surface area contributed by atoms with Gasteiger partial charge < -0.3 is 21.3 Å². The van der Waals surface area contributed by atoms with Gasteiger partial charge in [0.25, 0.3) is 0 Å². The van der Waals surface area contributed by atoms with E-state index in [4.69, 9.17) is 0 Å². The van der Waals surface area contributed by atoms with Gasteiger partial charge in [0.15, 0.2) is 0 Å². The normalized spacial score (nSPS) is 24.3. The lowest BCUT2D eigenvalue weighted by atomic mass is 9.67. The van der Waals surface area contributed by atoms with Crippen molar-refractivity contribution >= 4 is 35.7 Å². The van der Waals surface area contributed by atoms with Crippen LogP contribution in [-0.4, -0.2) is 31.1 Å². The van der Waals surface area contributed by atoms with Gasteiger partial charge in [-0.05, 0) is 63.4 Å². The Labute approximate surface area is 161 Å². The van der Waals surface area contributed by atoms with Gasteiger partial charge in [0.05, 0.1) is 5.41 Å². The second-order valence-corrected chi connectivity index (χ2v) is 7.51. The molecule has 1 saturated carbocycles. The average Bonchev–Trinajstić information content (AvgIpc) is 3.01. The Morgan fingerprint density at radius 1 is 1.12 bits per heavy atom. The third-order valence-electron chi connectivity index (χ3n) is 5.31. The molecule has 2 aliphatic rings. The zero-order valence-electron chi connectivity index (χ0n) is 15.4. The Hall–Kier alpha value is -1.79. The molecule has 3 amide bonds. The summed E-state index contributed by atoms with van der Waals surface area (Å²) in [5, 5.41) is 12.0. The summed E-state index contributed by atoms with van der Waals surface area (Å²) in [4.78, 5) is 24.6. The number of nitrogens with one attached hydrogen (secondary N) is 4. The van der Waals surface area contributed by atoms with Crippen LogP contribution in [0.1, 0.15) is 39.5 Å². The monoisotopic (exact) mass is 380 g/mol. The Morgan fingerprint density at radius 2 is 1.77 bits per heavy atom. The summed E-state index contributed by atoms with van der Waals surface area (Å²) in [6, 6.07) is 7.13. The maximum Gasteiger partial charge on any atom is 0.319 e. The molecule has 1 aliphatic carbocycles. The SMILES string of the molecule is CC(C)NC(=O)Nc1ccc(NC(=O)[C@@]23CCCC[C@H]2CNC3)cc1.Cl. The van der Waals surface area contributed by atoms with Crippen molar-refractivity contribution in [2.75, 3.05) is 23.7 Å². The highest BCUT2D eigenvalue weighted by Gasteiger charge is 2.49. The number of carbonyl (C=O) groups excluding carboxylic acids is 2. The number of hydrogen-bond donors (Lipinski definition) is 4. The fourth-order valence-corrected chi connectivity index (χ4v) is 4.01. The van der Waals surface area contributed by atoms with Gasteiger partial charge in [0, 0.05) is 24.0 Å². The Kier molecular flexibility index (Phi) is 6.89. The van der Waals surface area contributed by atoms with Crippen LogP contribution in [0.5, 0.6) is 0 Å². The summed E-state index contributed by atoms with van der Waals surface area (Å²) in [7, 11) is 0. The molecule has 26 heavy (non-hydrogen) atoms. The van der Waals surface area contributed by atoms with Gasteiger partial charge in [-0.15, -0.1) is 12.4 Å². The van der Waals surface area contributed by atoms with Crippen LogP contribution in [-0.2, 0) is 4.79 Å². The zero-order chi connectivity index (χ0) is 17.9. The number of hydrogen-bond acceptors (Lipinski definition) is 3. The fraction of sp³-hybridized carbons (Fsp3) is 0.579. The molecule has 144 valence electrons. The van der Waals surface area contributed by atoms with Gasteiger partial charge >= 0.3 is 6.03 Å². The van der Waals surface area contributed by atoms with Gasteiger partial charge in [-0.25, -0.2) is 4.79 Å². The number of fused-ring (bicyclic) bond motifs is 1. The smallest absolute Gasteiger partial charge is 0.319 e. The number of carbonyl (C=O) groups is 2. The minimum atomic E-state index is -0.258. The number of benzene rings is 1. The van der Waals surface area contributed by atoms with Crippen LogP contribution in [0.3, 0.4) is 0 Å². The van der Waals surface area contributed by atoms with E-state index >= 15 is 0 Å². The maximum atomic E-state index is 12.9. The summed E-state index contributed by atoms with van der Waals surface area (Å²) in [6.07, 6.45) is 4.44. The van der Waals surface area contributed by atoms with E-state index in [0.717, 1.165) is 38.0 Å². The van der Waals surface area contributed by atoms with Gasteiger partial charge in [-0.2, -0.15) is 0 Å². The molecule has 1 heterocycles. The van der Waals surface area contributed by atoms with Crippen LogP contribution in [0.15, 0.2) is 24.3 Å². The molecule has 3 rings (SSSR count). The molecule has 2 fully saturated rings. The molecule has 1 aliphatic heterocycles. The van der Waals surface area contributed by atoms with Crippen molar-refractivity contribution < 1.29 is 9.59 Å². The van der Waals surface area contributed by atoms with E-state index in [2.05, 4.69) is 21.3 Å². The highest BCUT2D eigenvalue weighted by atomic mass is 35.5. The molecule has 2 atom stereocenters. The molecule has 1 aromatic carbocycles. The molecule has 0 spiro atoms. The highest BCUT2D eigenvalue weighted by molar-refractivity contribution is 5.96. The number of halogens is 1. The van der Waals surface area contributed by atoms with E-state index < -0.39 is 0 Å². The molecule has 0 aromatic heterocycles. The zero-order valence-corrected chi connectivity index (χ0v) is 16.2. The second kappa shape index (κ2) is 8.73. The molecule has 4 N–H and O–H groups in total. The lowest BCUT2D eigenvalue weighted by molar-refractivity contribution is -0.128. The molecule has 7 heteroatoms. The molecule has 1 aromatic rings. The van der Waals surface area contributed by atoms with Gasteiger partial charge in [0.1, 0.15) is 0 Å². The predicted molar refractivity (Wildman–Crippen MR) is 107 cm³/mol. The van der Waals surface area contributed by atoms with Crippen molar-refractivity contribution in [3.8, 4) is 0 Å². The molecular weight excluding hydrogens is 352 g/mol. The van der Waals surface area contributed by atoms with Crippen LogP contribution in [0.4, 0.5) is 16.2 Å². The van der Waals surface area contributed by atoms with E-state index in [1.165, 1.54) is 6.42 Å². The van der Waals surface area contributed by atoms with Crippen LogP contribution >= 0.6 is 12.4 Å². The van der Waals surface area contributed by atoms with E-state index in [1.54, 1.807) is 12.1 Å². The molecule has 0 unspecified atom stereocenters. The number of urea groups is 1. The maximum absolute atomic E-state index is 12.9. The summed E-state index contributed by atoms with van der Waals surface area (Å²) < 4.78 is 0. The third-order valence-corrected chi connectivity index (χ3v) is 5.31. The largest absolute Gasteiger partial charge is 0.336 e. The van der Waals surface area contributed by atoms with E-state index in [1.807, 2.05) is 26.0 Å². The molecule has 1 saturated heterocycles. The molecule has 0 radical (unpaired) electrons.